The SMILES string of the molecule is CCC/C=C/C1Cc2ccc(OC)cc2C2(CC2C)N(C(=N)COCC)C/C(=C(/C)c2cc(C)no2)C1C. The second-order valence-corrected chi connectivity index (χ2v) is 11.1. The van der Waals surface area contributed by atoms with E-state index in [0.29, 0.717) is 37.4 Å². The van der Waals surface area contributed by atoms with Crippen molar-refractivity contribution in [1.82, 2.24) is 10.1 Å². The number of aromatic nitrogens is 1. The van der Waals surface area contributed by atoms with Gasteiger partial charge in [0, 0.05) is 19.2 Å². The standard InChI is InChI=1S/C32H45N3O3/c1-8-10-11-12-25-16-26-13-14-27(36-7)17-29(26)32(18-21(32)3)35(31(33)20-37-9-2)19-28(23(25)5)24(6)30-15-22(4)34-38-30/h11-15,17,21,23,25,33H,8-10,16,18-20H2,1-7H3/b12-11+,28-24+,33-31?. The Kier molecular flexibility index (Phi) is 8.81. The van der Waals surface area contributed by atoms with Crippen molar-refractivity contribution in [2.45, 2.75) is 72.8 Å². The zero-order chi connectivity index (χ0) is 27.4. The molecule has 1 aromatic carbocycles. The van der Waals surface area contributed by atoms with Gasteiger partial charge in [0.1, 0.15) is 18.2 Å². The van der Waals surface area contributed by atoms with Crippen LogP contribution in [-0.2, 0) is 16.7 Å². The molecule has 0 bridgehead atoms. The first-order valence-corrected chi connectivity index (χ1v) is 14.2. The van der Waals surface area contributed by atoms with Gasteiger partial charge in [0.05, 0.1) is 18.3 Å². The lowest BCUT2D eigenvalue weighted by molar-refractivity contribution is 0.166. The van der Waals surface area contributed by atoms with Crippen LogP contribution in [0, 0.1) is 30.1 Å². The fourth-order valence-corrected chi connectivity index (χ4v) is 6.16. The maximum absolute atomic E-state index is 9.24. The molecule has 0 amide bonds. The number of allylic oxidation sites excluding steroid dienone is 3. The second-order valence-electron chi connectivity index (χ2n) is 11.1. The van der Waals surface area contributed by atoms with E-state index in [1.54, 1.807) is 7.11 Å². The summed E-state index contributed by atoms with van der Waals surface area (Å²) in [5, 5.41) is 13.4. The van der Waals surface area contributed by atoms with E-state index in [0.717, 1.165) is 48.5 Å². The Labute approximate surface area is 228 Å². The molecule has 38 heavy (non-hydrogen) atoms. The Morgan fingerprint density at radius 2 is 2.03 bits per heavy atom. The summed E-state index contributed by atoms with van der Waals surface area (Å²) >= 11 is 0. The predicted molar refractivity (Wildman–Crippen MR) is 154 cm³/mol. The number of ether oxygens (including phenoxy) is 2. The van der Waals surface area contributed by atoms with E-state index < -0.39 is 0 Å². The quantitative estimate of drug-likeness (QED) is 0.227. The Balaban J connectivity index is 1.93. The van der Waals surface area contributed by atoms with Gasteiger partial charge in [0.2, 0.25) is 0 Å². The molecule has 1 N–H and O–H groups in total. The largest absolute Gasteiger partial charge is 0.497 e. The number of nitrogens with one attached hydrogen (secondary N) is 1. The molecule has 1 aliphatic heterocycles. The molecule has 4 atom stereocenters. The van der Waals surface area contributed by atoms with Crippen LogP contribution < -0.4 is 4.74 Å². The molecule has 6 heteroatoms. The van der Waals surface area contributed by atoms with E-state index in [9.17, 15) is 5.41 Å². The Morgan fingerprint density at radius 3 is 2.63 bits per heavy atom. The second kappa shape index (κ2) is 11.9. The van der Waals surface area contributed by atoms with Gasteiger partial charge in [-0.15, -0.1) is 0 Å². The van der Waals surface area contributed by atoms with E-state index >= 15 is 0 Å². The number of hydrogen-bond acceptors (Lipinski definition) is 5. The molecular formula is C32H45N3O3. The molecule has 0 saturated heterocycles. The van der Waals surface area contributed by atoms with Gasteiger partial charge in [0.25, 0.3) is 0 Å². The van der Waals surface area contributed by atoms with Crippen molar-refractivity contribution in [2.24, 2.45) is 17.8 Å². The molecule has 0 radical (unpaired) electrons. The fourth-order valence-electron chi connectivity index (χ4n) is 6.16. The number of rotatable bonds is 8. The van der Waals surface area contributed by atoms with E-state index in [1.165, 1.54) is 16.7 Å². The summed E-state index contributed by atoms with van der Waals surface area (Å²) in [6.07, 6.45) is 8.91. The average Bonchev–Trinajstić information content (AvgIpc) is 3.37. The number of methoxy groups -OCH3 is 1. The molecular weight excluding hydrogens is 474 g/mol. The lowest BCUT2D eigenvalue weighted by Crippen LogP contribution is -2.45. The summed E-state index contributed by atoms with van der Waals surface area (Å²) in [6.45, 7) is 14.5. The average molecular weight is 520 g/mol. The van der Waals surface area contributed by atoms with Gasteiger partial charge in [0.15, 0.2) is 5.76 Å². The van der Waals surface area contributed by atoms with E-state index in [4.69, 9.17) is 14.0 Å². The molecule has 6 nitrogen and oxygen atoms in total. The van der Waals surface area contributed by atoms with Gasteiger partial charge >= 0.3 is 0 Å². The van der Waals surface area contributed by atoms with Crippen LogP contribution >= 0.6 is 0 Å². The molecule has 2 heterocycles. The number of unbranched alkanes of at least 4 members (excludes halogenated alkanes) is 1. The summed E-state index contributed by atoms with van der Waals surface area (Å²) in [5.74, 6) is 3.18. The Morgan fingerprint density at radius 1 is 1.26 bits per heavy atom. The highest BCUT2D eigenvalue weighted by Crippen LogP contribution is 2.59. The molecule has 1 aliphatic carbocycles. The van der Waals surface area contributed by atoms with Crippen LogP contribution in [-0.4, -0.2) is 42.8 Å². The highest BCUT2D eigenvalue weighted by molar-refractivity contribution is 5.83. The number of fused-ring (bicyclic) bond motifs is 2. The zero-order valence-electron chi connectivity index (χ0n) is 24.3. The van der Waals surface area contributed by atoms with Crippen LogP contribution in [0.5, 0.6) is 5.75 Å². The van der Waals surface area contributed by atoms with Crippen LogP contribution in [0.2, 0.25) is 0 Å². The lowest BCUT2D eigenvalue weighted by Gasteiger charge is -2.38. The molecule has 1 saturated carbocycles. The first kappa shape index (κ1) is 28.2. The minimum Gasteiger partial charge on any atom is -0.497 e. The maximum atomic E-state index is 9.24. The van der Waals surface area contributed by atoms with E-state index in [1.807, 2.05) is 19.9 Å². The third-order valence-corrected chi connectivity index (χ3v) is 8.60. The van der Waals surface area contributed by atoms with Gasteiger partial charge in [-0.1, -0.05) is 50.6 Å². The summed E-state index contributed by atoms with van der Waals surface area (Å²) < 4.78 is 17.3. The molecule has 4 rings (SSSR count). The summed E-state index contributed by atoms with van der Waals surface area (Å²) in [7, 11) is 1.73. The van der Waals surface area contributed by atoms with E-state index in [-0.39, 0.29) is 11.5 Å². The Bertz CT molecular complexity index is 1200. The fraction of sp³-hybridized carbons (Fsp3) is 0.562. The molecule has 206 valence electrons. The smallest absolute Gasteiger partial charge is 0.162 e. The highest BCUT2D eigenvalue weighted by Gasteiger charge is 2.59. The van der Waals surface area contributed by atoms with Gasteiger partial charge < -0.3 is 18.9 Å². The van der Waals surface area contributed by atoms with E-state index in [2.05, 4.69) is 68.1 Å². The first-order chi connectivity index (χ1) is 18.3. The number of aryl methyl sites for hydroxylation is 1. The molecule has 2 aromatic rings. The third kappa shape index (κ3) is 5.47. The van der Waals surface area contributed by atoms with Crippen LogP contribution in [0.1, 0.15) is 76.5 Å². The van der Waals surface area contributed by atoms with Gasteiger partial charge in [-0.2, -0.15) is 0 Å². The Hall–Kier alpha value is -2.86. The van der Waals surface area contributed by atoms with Crippen LogP contribution in [0.25, 0.3) is 5.57 Å². The van der Waals surface area contributed by atoms with Crippen molar-refractivity contribution in [3.8, 4) is 5.75 Å². The van der Waals surface area contributed by atoms with Gasteiger partial charge in [-0.25, -0.2) is 0 Å². The summed E-state index contributed by atoms with van der Waals surface area (Å²) in [4.78, 5) is 2.32. The highest BCUT2D eigenvalue weighted by atomic mass is 16.5. The monoisotopic (exact) mass is 519 g/mol. The summed E-state index contributed by atoms with van der Waals surface area (Å²) in [5.41, 5.74) is 5.67. The summed E-state index contributed by atoms with van der Waals surface area (Å²) in [6, 6.07) is 8.58. The topological polar surface area (TPSA) is 71.6 Å². The predicted octanol–water partition coefficient (Wildman–Crippen LogP) is 7.18. The minimum atomic E-state index is -0.261. The van der Waals surface area contributed by atoms with Crippen molar-refractivity contribution in [2.75, 3.05) is 26.9 Å². The van der Waals surface area contributed by atoms with Crippen LogP contribution in [0.4, 0.5) is 0 Å². The maximum Gasteiger partial charge on any atom is 0.162 e. The number of amidine groups is 1. The normalized spacial score (nSPS) is 26.6. The molecule has 1 aromatic heterocycles. The van der Waals surface area contributed by atoms with Gasteiger partial charge in [-0.3, -0.25) is 5.41 Å². The van der Waals surface area contributed by atoms with Crippen molar-refractivity contribution in [3.05, 3.63) is 64.6 Å². The lowest BCUT2D eigenvalue weighted by atomic mass is 9.80. The zero-order valence-corrected chi connectivity index (χ0v) is 24.3. The molecule has 2 aliphatic rings. The molecule has 1 fully saturated rings. The van der Waals surface area contributed by atoms with Crippen molar-refractivity contribution in [3.63, 3.8) is 0 Å². The van der Waals surface area contributed by atoms with Crippen LogP contribution in [0.3, 0.4) is 0 Å². The van der Waals surface area contributed by atoms with Crippen LogP contribution in [0.15, 0.2) is 46.5 Å². The van der Waals surface area contributed by atoms with Crippen molar-refractivity contribution >= 4 is 11.4 Å². The first-order valence-electron chi connectivity index (χ1n) is 14.2. The number of nitrogens with zero attached hydrogens (tertiary/aromatic N) is 2. The van der Waals surface area contributed by atoms with Crippen molar-refractivity contribution in [1.29, 1.82) is 5.41 Å². The van der Waals surface area contributed by atoms with Crippen molar-refractivity contribution < 1.29 is 14.0 Å². The number of hydrogen-bond donors (Lipinski definition) is 1. The molecule has 4 unspecified atom stereocenters. The molecule has 1 spiro atoms. The third-order valence-electron chi connectivity index (χ3n) is 8.60. The van der Waals surface area contributed by atoms with Gasteiger partial charge in [-0.05, 0) is 92.2 Å². The minimum absolute atomic E-state index is 0.245. The number of benzene rings is 1.